The number of aryl methyl sites for hydroxylation is 1. The molecule has 0 aliphatic carbocycles. The van der Waals surface area contributed by atoms with Crippen molar-refractivity contribution in [1.29, 1.82) is 0 Å². The van der Waals surface area contributed by atoms with E-state index in [1.54, 1.807) is 6.92 Å². The molecular formula is C12H9F2N5O. The minimum absolute atomic E-state index is 0.174. The molecule has 0 aliphatic rings. The Morgan fingerprint density at radius 1 is 1.20 bits per heavy atom. The summed E-state index contributed by atoms with van der Waals surface area (Å²) in [7, 11) is 0. The quantitative estimate of drug-likeness (QED) is 0.725. The van der Waals surface area contributed by atoms with Crippen LogP contribution in [0, 0.1) is 18.6 Å². The molecule has 0 fully saturated rings. The zero-order valence-corrected chi connectivity index (χ0v) is 10.3. The Kier molecular flexibility index (Phi) is 2.70. The minimum atomic E-state index is -0.772. The highest BCUT2D eigenvalue weighted by Crippen LogP contribution is 2.28. The zero-order chi connectivity index (χ0) is 14.3. The zero-order valence-electron chi connectivity index (χ0n) is 10.3. The first-order chi connectivity index (χ1) is 9.54. The molecule has 0 aliphatic heterocycles. The number of halogens is 2. The summed E-state index contributed by atoms with van der Waals surface area (Å²) in [5.74, 6) is -1.35. The van der Waals surface area contributed by atoms with Gasteiger partial charge in [-0.1, -0.05) is 0 Å². The molecule has 2 N–H and O–H groups in total. The highest BCUT2D eigenvalue weighted by atomic mass is 19.1. The maximum Gasteiger partial charge on any atom is 0.255 e. The molecule has 6 nitrogen and oxygen atoms in total. The van der Waals surface area contributed by atoms with Crippen LogP contribution >= 0.6 is 0 Å². The third kappa shape index (κ3) is 2.00. The summed E-state index contributed by atoms with van der Waals surface area (Å²) in [6, 6.07) is 3.27. The number of fused-ring (bicyclic) bond motifs is 1. The summed E-state index contributed by atoms with van der Waals surface area (Å²) >= 11 is 0. The van der Waals surface area contributed by atoms with Crippen molar-refractivity contribution in [2.75, 3.05) is 5.73 Å². The second-order valence-electron chi connectivity index (χ2n) is 4.11. The van der Waals surface area contributed by atoms with Crippen molar-refractivity contribution in [2.45, 2.75) is 6.92 Å². The maximum atomic E-state index is 13.7. The summed E-state index contributed by atoms with van der Waals surface area (Å²) in [4.78, 5) is 8.02. The van der Waals surface area contributed by atoms with Crippen LogP contribution in [0.1, 0.15) is 5.69 Å². The molecule has 0 saturated heterocycles. The van der Waals surface area contributed by atoms with Gasteiger partial charge in [-0.2, -0.15) is 14.6 Å². The van der Waals surface area contributed by atoms with Crippen LogP contribution in [0.15, 0.2) is 24.5 Å². The van der Waals surface area contributed by atoms with E-state index >= 15 is 0 Å². The molecule has 1 aromatic carbocycles. The van der Waals surface area contributed by atoms with Crippen LogP contribution in [0.5, 0.6) is 11.6 Å². The molecule has 8 heteroatoms. The highest BCUT2D eigenvalue weighted by Gasteiger charge is 2.13. The minimum Gasteiger partial charge on any atom is -0.436 e. The molecule has 0 atom stereocenters. The lowest BCUT2D eigenvalue weighted by atomic mass is 10.3. The molecule has 2 heterocycles. The Labute approximate surface area is 111 Å². The second-order valence-corrected chi connectivity index (χ2v) is 4.11. The average Bonchev–Trinajstić information content (AvgIpc) is 2.84. The molecule has 0 amide bonds. The van der Waals surface area contributed by atoms with Gasteiger partial charge in [-0.15, -0.1) is 0 Å². The van der Waals surface area contributed by atoms with Crippen LogP contribution in [0.4, 0.5) is 14.5 Å². The Morgan fingerprint density at radius 2 is 2.00 bits per heavy atom. The molecule has 0 bridgehead atoms. The van der Waals surface area contributed by atoms with Crippen molar-refractivity contribution in [3.05, 3.63) is 41.9 Å². The first-order valence-corrected chi connectivity index (χ1v) is 5.64. The van der Waals surface area contributed by atoms with Gasteiger partial charge in [0.2, 0.25) is 5.88 Å². The number of nitrogens with zero attached hydrogens (tertiary/aromatic N) is 4. The SMILES string of the molecule is Cc1cc(Oc2cc(F)c(N)cc2F)n2ncnc2n1. The van der Waals surface area contributed by atoms with Crippen molar-refractivity contribution >= 4 is 11.5 Å². The van der Waals surface area contributed by atoms with E-state index in [4.69, 9.17) is 10.5 Å². The molecule has 2 aromatic heterocycles. The summed E-state index contributed by atoms with van der Waals surface area (Å²) < 4.78 is 33.7. The van der Waals surface area contributed by atoms with Crippen LogP contribution < -0.4 is 10.5 Å². The number of aromatic nitrogens is 4. The summed E-state index contributed by atoms with van der Waals surface area (Å²) in [6.07, 6.45) is 1.29. The molecule has 3 aromatic rings. The van der Waals surface area contributed by atoms with Crippen molar-refractivity contribution in [3.63, 3.8) is 0 Å². The van der Waals surface area contributed by atoms with Crippen molar-refractivity contribution in [2.24, 2.45) is 0 Å². The molecule has 0 spiro atoms. The van der Waals surface area contributed by atoms with E-state index in [9.17, 15) is 8.78 Å². The summed E-state index contributed by atoms with van der Waals surface area (Å²) in [5.41, 5.74) is 5.60. The van der Waals surface area contributed by atoms with Crippen LogP contribution in [0.25, 0.3) is 5.78 Å². The molecule has 0 radical (unpaired) electrons. The van der Waals surface area contributed by atoms with Crippen LogP contribution in [0.3, 0.4) is 0 Å². The molecule has 0 unspecified atom stereocenters. The van der Waals surface area contributed by atoms with E-state index in [-0.39, 0.29) is 17.3 Å². The highest BCUT2D eigenvalue weighted by molar-refractivity contribution is 5.46. The standard InChI is InChI=1S/C12H9F2N5O/c1-6-2-11(19-12(18-6)16-5-17-19)20-10-4-7(13)9(15)3-8(10)14/h2-5H,15H2,1H3. The summed E-state index contributed by atoms with van der Waals surface area (Å²) in [5, 5.41) is 3.90. The third-order valence-electron chi connectivity index (χ3n) is 2.61. The van der Waals surface area contributed by atoms with E-state index < -0.39 is 11.6 Å². The fraction of sp³-hybridized carbons (Fsp3) is 0.0833. The monoisotopic (exact) mass is 277 g/mol. The smallest absolute Gasteiger partial charge is 0.255 e. The largest absolute Gasteiger partial charge is 0.436 e. The number of rotatable bonds is 2. The van der Waals surface area contributed by atoms with Gasteiger partial charge in [-0.3, -0.25) is 0 Å². The van der Waals surface area contributed by atoms with Gasteiger partial charge >= 0.3 is 0 Å². The predicted molar refractivity (Wildman–Crippen MR) is 66.4 cm³/mol. The Bertz CT molecular complexity index is 802. The van der Waals surface area contributed by atoms with E-state index in [0.717, 1.165) is 12.1 Å². The Hall–Kier alpha value is -2.77. The average molecular weight is 277 g/mol. The first kappa shape index (κ1) is 12.3. The number of hydrogen-bond acceptors (Lipinski definition) is 5. The van der Waals surface area contributed by atoms with Gasteiger partial charge in [-0.25, -0.2) is 13.8 Å². The van der Waals surface area contributed by atoms with Gasteiger partial charge in [-0.05, 0) is 6.92 Å². The predicted octanol–water partition coefficient (Wildman–Crippen LogP) is 2.09. The van der Waals surface area contributed by atoms with Crippen LogP contribution in [-0.4, -0.2) is 19.6 Å². The molecule has 102 valence electrons. The first-order valence-electron chi connectivity index (χ1n) is 5.64. The summed E-state index contributed by atoms with van der Waals surface area (Å²) in [6.45, 7) is 1.72. The lowest BCUT2D eigenvalue weighted by Crippen LogP contribution is -2.01. The van der Waals surface area contributed by atoms with Crippen molar-refractivity contribution in [3.8, 4) is 11.6 Å². The number of anilines is 1. The number of nitrogen functional groups attached to an aromatic ring is 1. The molecule has 3 rings (SSSR count). The molecule has 0 saturated carbocycles. The lowest BCUT2D eigenvalue weighted by Gasteiger charge is -2.09. The normalized spacial score (nSPS) is 10.9. The number of benzene rings is 1. The number of ether oxygens (including phenoxy) is 1. The van der Waals surface area contributed by atoms with Gasteiger partial charge in [0, 0.05) is 23.9 Å². The van der Waals surface area contributed by atoms with Gasteiger partial charge in [0.25, 0.3) is 5.78 Å². The van der Waals surface area contributed by atoms with Gasteiger partial charge in [0.1, 0.15) is 12.1 Å². The fourth-order valence-electron chi connectivity index (χ4n) is 1.70. The van der Waals surface area contributed by atoms with E-state index in [1.807, 2.05) is 0 Å². The van der Waals surface area contributed by atoms with Crippen LogP contribution in [-0.2, 0) is 0 Å². The van der Waals surface area contributed by atoms with E-state index in [2.05, 4.69) is 15.1 Å². The van der Waals surface area contributed by atoms with Gasteiger partial charge < -0.3 is 10.5 Å². The van der Waals surface area contributed by atoms with Gasteiger partial charge in [0.15, 0.2) is 11.6 Å². The van der Waals surface area contributed by atoms with Crippen molar-refractivity contribution < 1.29 is 13.5 Å². The Balaban J connectivity index is 2.09. The van der Waals surface area contributed by atoms with Gasteiger partial charge in [0.05, 0.1) is 5.69 Å². The second kappa shape index (κ2) is 4.41. The fourth-order valence-corrected chi connectivity index (χ4v) is 1.70. The molecular weight excluding hydrogens is 268 g/mol. The molecule has 20 heavy (non-hydrogen) atoms. The third-order valence-corrected chi connectivity index (χ3v) is 2.61. The number of hydrogen-bond donors (Lipinski definition) is 1. The number of nitrogens with two attached hydrogens (primary N) is 1. The maximum absolute atomic E-state index is 13.7. The van der Waals surface area contributed by atoms with E-state index in [0.29, 0.717) is 11.5 Å². The Morgan fingerprint density at radius 3 is 2.80 bits per heavy atom. The lowest BCUT2D eigenvalue weighted by molar-refractivity contribution is 0.410. The van der Waals surface area contributed by atoms with E-state index in [1.165, 1.54) is 16.9 Å². The van der Waals surface area contributed by atoms with Crippen molar-refractivity contribution in [1.82, 2.24) is 19.6 Å². The van der Waals surface area contributed by atoms with Crippen LogP contribution in [0.2, 0.25) is 0 Å². The topological polar surface area (TPSA) is 78.3 Å².